The average Bonchev–Trinajstić information content (AvgIpc) is 3.21. The van der Waals surface area contributed by atoms with E-state index in [4.69, 9.17) is 0 Å². The Hall–Kier alpha value is -2.08. The number of aliphatic imine (C=N–C) groups is 1. The molecule has 1 amide bonds. The number of hydrogen-bond donors (Lipinski definition) is 1. The fraction of sp³-hybridized carbons (Fsp3) is 0.600. The van der Waals surface area contributed by atoms with Crippen molar-refractivity contribution in [3.63, 3.8) is 0 Å². The lowest BCUT2D eigenvalue weighted by molar-refractivity contribution is -0.128. The molecule has 0 radical (unpaired) electrons. The van der Waals surface area contributed by atoms with Crippen LogP contribution in [-0.4, -0.2) is 78.9 Å². The van der Waals surface area contributed by atoms with E-state index in [0.29, 0.717) is 0 Å². The molecule has 0 saturated carbocycles. The number of piperazine rings is 1. The molecular formula is C20H31N5O. The second kappa shape index (κ2) is 9.57. The number of carbonyl (C=O) groups excluding carboxylic acids is 1. The van der Waals surface area contributed by atoms with E-state index in [2.05, 4.69) is 57.4 Å². The zero-order valence-electron chi connectivity index (χ0n) is 15.9. The van der Waals surface area contributed by atoms with Crippen molar-refractivity contribution in [1.82, 2.24) is 20.0 Å². The van der Waals surface area contributed by atoms with E-state index >= 15 is 0 Å². The molecule has 1 aromatic carbocycles. The van der Waals surface area contributed by atoms with Gasteiger partial charge in [0.05, 0.1) is 0 Å². The van der Waals surface area contributed by atoms with Crippen molar-refractivity contribution in [2.75, 3.05) is 52.4 Å². The molecule has 1 aromatic rings. The average molecular weight is 358 g/mol. The van der Waals surface area contributed by atoms with E-state index in [1.165, 1.54) is 5.56 Å². The predicted molar refractivity (Wildman–Crippen MR) is 105 cm³/mol. The molecule has 0 spiro atoms. The highest BCUT2D eigenvalue weighted by Crippen LogP contribution is 2.10. The Bertz CT molecular complexity index is 589. The first-order valence-electron chi connectivity index (χ1n) is 9.83. The van der Waals surface area contributed by atoms with Crippen LogP contribution < -0.4 is 5.32 Å². The van der Waals surface area contributed by atoms with Gasteiger partial charge in [-0.25, -0.2) is 4.99 Å². The van der Waals surface area contributed by atoms with Crippen molar-refractivity contribution in [2.45, 2.75) is 26.3 Å². The Balaban J connectivity index is 1.50. The van der Waals surface area contributed by atoms with Crippen LogP contribution in [0.1, 0.15) is 25.3 Å². The van der Waals surface area contributed by atoms with Crippen LogP contribution in [0.25, 0.3) is 0 Å². The van der Waals surface area contributed by atoms with Crippen LogP contribution in [0.15, 0.2) is 35.3 Å². The predicted octanol–water partition coefficient (Wildman–Crippen LogP) is 1.39. The molecule has 6 heteroatoms. The zero-order valence-corrected chi connectivity index (χ0v) is 15.9. The molecule has 0 bridgehead atoms. The molecule has 2 aliphatic heterocycles. The summed E-state index contributed by atoms with van der Waals surface area (Å²) >= 11 is 0. The number of rotatable bonds is 5. The Labute approximate surface area is 156 Å². The number of benzene rings is 1. The van der Waals surface area contributed by atoms with Gasteiger partial charge in [-0.1, -0.05) is 30.3 Å². The molecule has 2 fully saturated rings. The quantitative estimate of drug-likeness (QED) is 0.639. The maximum atomic E-state index is 12.3. The number of guanidine groups is 1. The minimum absolute atomic E-state index is 0.153. The monoisotopic (exact) mass is 357 g/mol. The van der Waals surface area contributed by atoms with Gasteiger partial charge in [-0.3, -0.25) is 9.69 Å². The third-order valence-electron chi connectivity index (χ3n) is 5.08. The third-order valence-corrected chi connectivity index (χ3v) is 5.08. The molecule has 2 aliphatic rings. The summed E-state index contributed by atoms with van der Waals surface area (Å²) in [6.45, 7) is 9.84. The highest BCUT2D eigenvalue weighted by Gasteiger charge is 2.21. The minimum atomic E-state index is 0.153. The first-order chi connectivity index (χ1) is 12.8. The smallest absolute Gasteiger partial charge is 0.244 e. The van der Waals surface area contributed by atoms with Crippen LogP contribution in [0, 0.1) is 0 Å². The van der Waals surface area contributed by atoms with Gasteiger partial charge in [0.15, 0.2) is 5.96 Å². The topological polar surface area (TPSA) is 51.2 Å². The number of carbonyl (C=O) groups is 1. The molecule has 1 N–H and O–H groups in total. The molecular weight excluding hydrogens is 326 g/mol. The summed E-state index contributed by atoms with van der Waals surface area (Å²) in [4.78, 5) is 23.6. The van der Waals surface area contributed by atoms with E-state index in [-0.39, 0.29) is 12.5 Å². The van der Waals surface area contributed by atoms with E-state index in [0.717, 1.165) is 71.2 Å². The summed E-state index contributed by atoms with van der Waals surface area (Å²) in [5.74, 6) is 1.03. The second-order valence-corrected chi connectivity index (χ2v) is 7.01. The Morgan fingerprint density at radius 3 is 2.35 bits per heavy atom. The zero-order chi connectivity index (χ0) is 18.2. The van der Waals surface area contributed by atoms with Crippen LogP contribution in [0.5, 0.6) is 0 Å². The molecule has 0 unspecified atom stereocenters. The summed E-state index contributed by atoms with van der Waals surface area (Å²) in [6.07, 6.45) is 2.25. The van der Waals surface area contributed by atoms with Crippen LogP contribution in [-0.2, 0) is 11.3 Å². The number of amides is 1. The molecule has 0 atom stereocenters. The second-order valence-electron chi connectivity index (χ2n) is 7.01. The van der Waals surface area contributed by atoms with Gasteiger partial charge in [0, 0.05) is 52.4 Å². The van der Waals surface area contributed by atoms with Crippen molar-refractivity contribution in [3.05, 3.63) is 35.9 Å². The normalized spacial score (nSPS) is 19.0. The summed E-state index contributed by atoms with van der Waals surface area (Å²) in [5, 5.41) is 3.35. The van der Waals surface area contributed by atoms with Gasteiger partial charge < -0.3 is 15.1 Å². The van der Waals surface area contributed by atoms with Crippen molar-refractivity contribution in [1.29, 1.82) is 0 Å². The first-order valence-corrected chi connectivity index (χ1v) is 9.83. The Morgan fingerprint density at radius 2 is 1.69 bits per heavy atom. The van der Waals surface area contributed by atoms with Gasteiger partial charge in [0.2, 0.25) is 5.91 Å². The molecule has 2 saturated heterocycles. The summed E-state index contributed by atoms with van der Waals surface area (Å²) in [7, 11) is 0. The van der Waals surface area contributed by atoms with Crippen molar-refractivity contribution in [3.8, 4) is 0 Å². The number of hydrogen-bond acceptors (Lipinski definition) is 3. The minimum Gasteiger partial charge on any atom is -0.357 e. The van der Waals surface area contributed by atoms with Crippen molar-refractivity contribution < 1.29 is 4.79 Å². The molecule has 0 aromatic heterocycles. The third kappa shape index (κ3) is 5.21. The highest BCUT2D eigenvalue weighted by molar-refractivity contribution is 5.85. The molecule has 142 valence electrons. The van der Waals surface area contributed by atoms with Crippen LogP contribution >= 0.6 is 0 Å². The Morgan fingerprint density at radius 1 is 1.00 bits per heavy atom. The lowest BCUT2D eigenvalue weighted by Crippen LogP contribution is -2.52. The fourth-order valence-electron chi connectivity index (χ4n) is 3.59. The van der Waals surface area contributed by atoms with Gasteiger partial charge in [-0.15, -0.1) is 0 Å². The van der Waals surface area contributed by atoms with Crippen LogP contribution in [0.3, 0.4) is 0 Å². The van der Waals surface area contributed by atoms with E-state index in [1.54, 1.807) is 0 Å². The lowest BCUT2D eigenvalue weighted by atomic mass is 10.2. The number of nitrogens with one attached hydrogen (secondary N) is 1. The highest BCUT2D eigenvalue weighted by atomic mass is 16.2. The van der Waals surface area contributed by atoms with Crippen LogP contribution in [0.4, 0.5) is 0 Å². The largest absolute Gasteiger partial charge is 0.357 e. The molecule has 3 rings (SSSR count). The van der Waals surface area contributed by atoms with E-state index < -0.39 is 0 Å². The summed E-state index contributed by atoms with van der Waals surface area (Å²) in [6, 6.07) is 10.6. The fourth-order valence-corrected chi connectivity index (χ4v) is 3.59. The first kappa shape index (κ1) is 18.7. The summed E-state index contributed by atoms with van der Waals surface area (Å²) in [5.41, 5.74) is 1.36. The maximum absolute atomic E-state index is 12.3. The SMILES string of the molecule is CCNC(=NCC(=O)N1CCCC1)N1CCN(Cc2ccccc2)CC1. The van der Waals surface area contributed by atoms with Gasteiger partial charge >= 0.3 is 0 Å². The van der Waals surface area contributed by atoms with Crippen molar-refractivity contribution in [2.24, 2.45) is 4.99 Å². The Kier molecular flexibility index (Phi) is 6.89. The lowest BCUT2D eigenvalue weighted by Gasteiger charge is -2.36. The van der Waals surface area contributed by atoms with E-state index in [1.807, 2.05) is 4.90 Å². The van der Waals surface area contributed by atoms with Crippen LogP contribution in [0.2, 0.25) is 0 Å². The standard InChI is InChI=1S/C20H31N5O/c1-2-21-20(22-16-19(26)24-10-6-7-11-24)25-14-12-23(13-15-25)17-18-8-4-3-5-9-18/h3-5,8-9H,2,6-7,10-17H2,1H3,(H,21,22). The van der Waals surface area contributed by atoms with Crippen molar-refractivity contribution >= 4 is 11.9 Å². The van der Waals surface area contributed by atoms with E-state index in [9.17, 15) is 4.79 Å². The van der Waals surface area contributed by atoms with Gasteiger partial charge in [-0.05, 0) is 25.3 Å². The number of likely N-dealkylation sites (tertiary alicyclic amines) is 1. The molecule has 0 aliphatic carbocycles. The number of nitrogens with zero attached hydrogens (tertiary/aromatic N) is 4. The molecule has 6 nitrogen and oxygen atoms in total. The molecule has 2 heterocycles. The van der Waals surface area contributed by atoms with Gasteiger partial charge in [-0.2, -0.15) is 0 Å². The molecule has 26 heavy (non-hydrogen) atoms. The van der Waals surface area contributed by atoms with Gasteiger partial charge in [0.25, 0.3) is 0 Å². The van der Waals surface area contributed by atoms with Gasteiger partial charge in [0.1, 0.15) is 6.54 Å². The maximum Gasteiger partial charge on any atom is 0.244 e. The summed E-state index contributed by atoms with van der Waals surface area (Å²) < 4.78 is 0.